The van der Waals surface area contributed by atoms with Gasteiger partial charge in [0.05, 0.1) is 10.2 Å². The number of rotatable bonds is 2. The van der Waals surface area contributed by atoms with E-state index in [0.29, 0.717) is 0 Å². The standard InChI is InChI=1S/C21H25N3S/c1-14-5-6-16(3)18(13-14)23-9-11-24(12-10-23)21-22-20-17(4)15(2)7-8-19(20)25-21/h5-8,13H,9-12H2,1-4H3. The van der Waals surface area contributed by atoms with Crippen LogP contribution in [0.2, 0.25) is 0 Å². The fourth-order valence-corrected chi connectivity index (χ4v) is 4.63. The molecular formula is C21H25N3S. The van der Waals surface area contributed by atoms with Crippen molar-refractivity contribution >= 4 is 32.4 Å². The minimum absolute atomic E-state index is 1.03. The van der Waals surface area contributed by atoms with Crippen LogP contribution in [-0.2, 0) is 0 Å². The van der Waals surface area contributed by atoms with Crippen molar-refractivity contribution in [2.45, 2.75) is 27.7 Å². The molecule has 0 N–H and O–H groups in total. The number of aryl methyl sites for hydroxylation is 4. The quantitative estimate of drug-likeness (QED) is 0.657. The second-order valence-electron chi connectivity index (χ2n) is 7.11. The van der Waals surface area contributed by atoms with Crippen molar-refractivity contribution in [1.29, 1.82) is 0 Å². The van der Waals surface area contributed by atoms with Gasteiger partial charge in [0.2, 0.25) is 0 Å². The number of piperazine rings is 1. The van der Waals surface area contributed by atoms with Gasteiger partial charge in [-0.3, -0.25) is 0 Å². The van der Waals surface area contributed by atoms with Gasteiger partial charge in [0.25, 0.3) is 0 Å². The lowest BCUT2D eigenvalue weighted by molar-refractivity contribution is 0.651. The van der Waals surface area contributed by atoms with E-state index in [1.54, 1.807) is 0 Å². The Morgan fingerprint density at radius 3 is 2.28 bits per heavy atom. The molecule has 0 radical (unpaired) electrons. The molecule has 1 aliphatic rings. The SMILES string of the molecule is Cc1ccc(C)c(N2CCN(c3nc4c(C)c(C)ccc4s3)CC2)c1. The third-order valence-electron chi connectivity index (χ3n) is 5.33. The normalized spacial score (nSPS) is 15.2. The van der Waals surface area contributed by atoms with Crippen LogP contribution in [0.15, 0.2) is 30.3 Å². The molecule has 4 heteroatoms. The zero-order chi connectivity index (χ0) is 17.6. The highest BCUT2D eigenvalue weighted by molar-refractivity contribution is 7.22. The maximum atomic E-state index is 4.95. The number of hydrogen-bond acceptors (Lipinski definition) is 4. The molecule has 1 saturated heterocycles. The molecule has 3 nitrogen and oxygen atoms in total. The Hall–Kier alpha value is -2.07. The molecule has 3 aromatic rings. The average molecular weight is 352 g/mol. The van der Waals surface area contributed by atoms with Crippen molar-refractivity contribution in [3.05, 3.63) is 52.6 Å². The fourth-order valence-electron chi connectivity index (χ4n) is 3.55. The molecule has 2 heterocycles. The third-order valence-corrected chi connectivity index (χ3v) is 6.41. The zero-order valence-electron chi connectivity index (χ0n) is 15.5. The molecule has 1 fully saturated rings. The van der Waals surface area contributed by atoms with Crippen LogP contribution in [0.4, 0.5) is 10.8 Å². The van der Waals surface area contributed by atoms with Crippen molar-refractivity contribution in [3.63, 3.8) is 0 Å². The molecule has 2 aromatic carbocycles. The summed E-state index contributed by atoms with van der Waals surface area (Å²) in [5.74, 6) is 0. The van der Waals surface area contributed by atoms with E-state index in [2.05, 4.69) is 67.8 Å². The van der Waals surface area contributed by atoms with E-state index in [1.165, 1.54) is 43.3 Å². The van der Waals surface area contributed by atoms with Gasteiger partial charge in [0.15, 0.2) is 5.13 Å². The fraction of sp³-hybridized carbons (Fsp3) is 0.381. The molecule has 0 spiro atoms. The van der Waals surface area contributed by atoms with Crippen LogP contribution < -0.4 is 9.80 Å². The average Bonchev–Trinajstić information content (AvgIpc) is 3.06. The van der Waals surface area contributed by atoms with E-state index in [0.717, 1.165) is 26.2 Å². The summed E-state index contributed by atoms with van der Waals surface area (Å²) in [5, 5.41) is 1.17. The number of hydrogen-bond donors (Lipinski definition) is 0. The molecule has 25 heavy (non-hydrogen) atoms. The maximum Gasteiger partial charge on any atom is 0.186 e. The van der Waals surface area contributed by atoms with Crippen LogP contribution in [0, 0.1) is 27.7 Å². The Bertz CT molecular complexity index is 920. The minimum atomic E-state index is 1.03. The summed E-state index contributed by atoms with van der Waals surface area (Å²) in [4.78, 5) is 9.91. The first-order valence-corrected chi connectivity index (χ1v) is 9.78. The van der Waals surface area contributed by atoms with Crippen molar-refractivity contribution in [3.8, 4) is 0 Å². The Morgan fingerprint density at radius 2 is 1.52 bits per heavy atom. The van der Waals surface area contributed by atoms with E-state index in [4.69, 9.17) is 4.98 Å². The lowest BCUT2D eigenvalue weighted by atomic mass is 10.1. The second kappa shape index (κ2) is 6.34. The van der Waals surface area contributed by atoms with Gasteiger partial charge in [-0.05, 0) is 62.1 Å². The summed E-state index contributed by atoms with van der Waals surface area (Å²) in [5.41, 5.74) is 7.90. The number of thiazole rings is 1. The largest absolute Gasteiger partial charge is 0.368 e. The van der Waals surface area contributed by atoms with E-state index >= 15 is 0 Å². The molecule has 0 aliphatic carbocycles. The highest BCUT2D eigenvalue weighted by Crippen LogP contribution is 2.33. The first-order chi connectivity index (χ1) is 12.0. The molecule has 0 saturated carbocycles. The van der Waals surface area contributed by atoms with Crippen molar-refractivity contribution in [2.75, 3.05) is 36.0 Å². The molecule has 0 amide bonds. The van der Waals surface area contributed by atoms with Crippen molar-refractivity contribution in [2.24, 2.45) is 0 Å². The molecule has 4 rings (SSSR count). The van der Waals surface area contributed by atoms with Crippen LogP contribution in [0.25, 0.3) is 10.2 Å². The summed E-state index contributed by atoms with van der Waals surface area (Å²) in [6.45, 7) is 12.9. The van der Waals surface area contributed by atoms with E-state index in [9.17, 15) is 0 Å². The minimum Gasteiger partial charge on any atom is -0.368 e. The smallest absolute Gasteiger partial charge is 0.186 e. The molecular weight excluding hydrogens is 326 g/mol. The van der Waals surface area contributed by atoms with Gasteiger partial charge < -0.3 is 9.80 Å². The van der Waals surface area contributed by atoms with Gasteiger partial charge in [-0.15, -0.1) is 0 Å². The van der Waals surface area contributed by atoms with E-state index in [1.807, 2.05) is 11.3 Å². The summed E-state index contributed by atoms with van der Waals surface area (Å²) in [6.07, 6.45) is 0. The lowest BCUT2D eigenvalue weighted by Gasteiger charge is -2.36. The summed E-state index contributed by atoms with van der Waals surface area (Å²) in [7, 11) is 0. The van der Waals surface area contributed by atoms with Crippen LogP contribution in [-0.4, -0.2) is 31.2 Å². The molecule has 1 aliphatic heterocycles. The predicted octanol–water partition coefficient (Wildman–Crippen LogP) is 4.86. The highest BCUT2D eigenvalue weighted by atomic mass is 32.1. The van der Waals surface area contributed by atoms with Crippen LogP contribution in [0.3, 0.4) is 0 Å². The van der Waals surface area contributed by atoms with Crippen LogP contribution >= 0.6 is 11.3 Å². The van der Waals surface area contributed by atoms with Crippen molar-refractivity contribution in [1.82, 2.24) is 4.98 Å². The maximum absolute atomic E-state index is 4.95. The van der Waals surface area contributed by atoms with Gasteiger partial charge in [0.1, 0.15) is 0 Å². The van der Waals surface area contributed by atoms with Gasteiger partial charge in [-0.1, -0.05) is 29.5 Å². The number of aromatic nitrogens is 1. The molecule has 0 unspecified atom stereocenters. The topological polar surface area (TPSA) is 19.4 Å². The summed E-state index contributed by atoms with van der Waals surface area (Å²) in [6, 6.07) is 11.2. The molecule has 1 aromatic heterocycles. The molecule has 130 valence electrons. The monoisotopic (exact) mass is 351 g/mol. The van der Waals surface area contributed by atoms with Gasteiger partial charge in [0, 0.05) is 31.9 Å². The number of benzene rings is 2. The van der Waals surface area contributed by atoms with Gasteiger partial charge >= 0.3 is 0 Å². The Balaban J connectivity index is 1.54. The second-order valence-corrected chi connectivity index (χ2v) is 8.12. The van der Waals surface area contributed by atoms with E-state index in [-0.39, 0.29) is 0 Å². The third kappa shape index (κ3) is 2.99. The van der Waals surface area contributed by atoms with Crippen LogP contribution in [0.5, 0.6) is 0 Å². The Morgan fingerprint density at radius 1 is 0.840 bits per heavy atom. The number of fused-ring (bicyclic) bond motifs is 1. The first kappa shape index (κ1) is 16.4. The molecule has 0 atom stereocenters. The van der Waals surface area contributed by atoms with Crippen LogP contribution in [0.1, 0.15) is 22.3 Å². The highest BCUT2D eigenvalue weighted by Gasteiger charge is 2.21. The zero-order valence-corrected chi connectivity index (χ0v) is 16.3. The van der Waals surface area contributed by atoms with Gasteiger partial charge in [-0.25, -0.2) is 4.98 Å². The molecule has 0 bridgehead atoms. The van der Waals surface area contributed by atoms with Crippen molar-refractivity contribution < 1.29 is 0 Å². The lowest BCUT2D eigenvalue weighted by Crippen LogP contribution is -2.46. The Labute approximate surface area is 153 Å². The van der Waals surface area contributed by atoms with Gasteiger partial charge in [-0.2, -0.15) is 0 Å². The summed E-state index contributed by atoms with van der Waals surface area (Å²) >= 11 is 1.83. The summed E-state index contributed by atoms with van der Waals surface area (Å²) < 4.78 is 1.30. The Kier molecular flexibility index (Phi) is 4.16. The number of anilines is 2. The predicted molar refractivity (Wildman–Crippen MR) is 109 cm³/mol. The number of nitrogens with zero attached hydrogens (tertiary/aromatic N) is 3. The first-order valence-electron chi connectivity index (χ1n) is 8.97. The van der Waals surface area contributed by atoms with E-state index < -0.39 is 0 Å².